The number of benzene rings is 1. The van der Waals surface area contributed by atoms with Crippen LogP contribution in [-0.2, 0) is 0 Å². The molecule has 2 rings (SSSR count). The summed E-state index contributed by atoms with van der Waals surface area (Å²) in [7, 11) is 0. The molecule has 0 saturated carbocycles. The summed E-state index contributed by atoms with van der Waals surface area (Å²) in [6, 6.07) is 6.21. The lowest BCUT2D eigenvalue weighted by atomic mass is 9.89. The summed E-state index contributed by atoms with van der Waals surface area (Å²) in [6.45, 7) is 8.52. The topological polar surface area (TPSA) is 3.24 Å². The van der Waals surface area contributed by atoms with Crippen molar-refractivity contribution in [3.05, 3.63) is 35.1 Å². The molecule has 0 amide bonds. The minimum atomic E-state index is -0.0272. The van der Waals surface area contributed by atoms with Crippen molar-refractivity contribution in [2.45, 2.75) is 45.6 Å². The number of aryl methyl sites for hydroxylation is 1. The van der Waals surface area contributed by atoms with Crippen LogP contribution >= 0.6 is 0 Å². The molecular weight excluding hydrogens is 213 g/mol. The van der Waals surface area contributed by atoms with E-state index in [9.17, 15) is 4.39 Å². The molecule has 1 aliphatic heterocycles. The Morgan fingerprint density at radius 3 is 2.76 bits per heavy atom. The van der Waals surface area contributed by atoms with Gasteiger partial charge in [0.2, 0.25) is 0 Å². The van der Waals surface area contributed by atoms with Gasteiger partial charge in [0.25, 0.3) is 0 Å². The molecule has 2 heteroatoms. The van der Waals surface area contributed by atoms with E-state index in [0.717, 1.165) is 30.6 Å². The Hall–Kier alpha value is -0.890. The van der Waals surface area contributed by atoms with Gasteiger partial charge in [0.1, 0.15) is 5.82 Å². The van der Waals surface area contributed by atoms with Gasteiger partial charge in [-0.05, 0) is 63.3 Å². The fourth-order valence-corrected chi connectivity index (χ4v) is 2.69. The zero-order valence-electron chi connectivity index (χ0n) is 11.0. The molecule has 1 heterocycles. The first-order chi connectivity index (χ1) is 8.08. The second-order valence-electron chi connectivity index (χ2n) is 5.45. The van der Waals surface area contributed by atoms with Crippen molar-refractivity contribution < 1.29 is 4.39 Å². The van der Waals surface area contributed by atoms with Crippen LogP contribution in [0.4, 0.5) is 4.39 Å². The molecule has 17 heavy (non-hydrogen) atoms. The molecule has 1 aromatic rings. The highest BCUT2D eigenvalue weighted by molar-refractivity contribution is 5.27. The van der Waals surface area contributed by atoms with Crippen molar-refractivity contribution in [1.29, 1.82) is 0 Å². The van der Waals surface area contributed by atoms with Gasteiger partial charge in [0.05, 0.1) is 0 Å². The summed E-state index contributed by atoms with van der Waals surface area (Å²) < 4.78 is 13.9. The van der Waals surface area contributed by atoms with Crippen LogP contribution in [0.2, 0.25) is 0 Å². The summed E-state index contributed by atoms with van der Waals surface area (Å²) in [5.41, 5.74) is 1.91. The van der Waals surface area contributed by atoms with Crippen LogP contribution in [0.1, 0.15) is 43.7 Å². The Labute approximate surface area is 104 Å². The minimum absolute atomic E-state index is 0.0272. The van der Waals surface area contributed by atoms with Gasteiger partial charge < -0.3 is 4.90 Å². The molecule has 94 valence electrons. The molecule has 1 saturated heterocycles. The Morgan fingerprint density at radius 2 is 2.12 bits per heavy atom. The van der Waals surface area contributed by atoms with E-state index in [4.69, 9.17) is 0 Å². The molecule has 1 aromatic carbocycles. The summed E-state index contributed by atoms with van der Waals surface area (Å²) in [4.78, 5) is 2.45. The highest BCUT2D eigenvalue weighted by Crippen LogP contribution is 2.29. The first-order valence-electron chi connectivity index (χ1n) is 6.58. The molecule has 1 unspecified atom stereocenters. The van der Waals surface area contributed by atoms with E-state index < -0.39 is 0 Å². The number of hydrogen-bond donors (Lipinski definition) is 0. The SMILES string of the molecule is Cc1ccc(C2CCCN(C(C)C)C2)c(F)c1. The van der Waals surface area contributed by atoms with Gasteiger partial charge in [0.15, 0.2) is 0 Å². The van der Waals surface area contributed by atoms with Crippen LogP contribution in [0.3, 0.4) is 0 Å². The quantitative estimate of drug-likeness (QED) is 0.755. The van der Waals surface area contributed by atoms with Crippen LogP contribution in [-0.4, -0.2) is 24.0 Å². The van der Waals surface area contributed by atoms with Crippen LogP contribution in [0.15, 0.2) is 18.2 Å². The monoisotopic (exact) mass is 235 g/mol. The highest BCUT2D eigenvalue weighted by atomic mass is 19.1. The molecule has 0 aromatic heterocycles. The van der Waals surface area contributed by atoms with E-state index in [1.807, 2.05) is 19.1 Å². The van der Waals surface area contributed by atoms with Gasteiger partial charge in [-0.25, -0.2) is 4.39 Å². The maximum atomic E-state index is 13.9. The molecule has 1 fully saturated rings. The van der Waals surface area contributed by atoms with Crippen LogP contribution in [0.5, 0.6) is 0 Å². The lowest BCUT2D eigenvalue weighted by molar-refractivity contribution is 0.166. The van der Waals surface area contributed by atoms with E-state index in [0.29, 0.717) is 12.0 Å². The summed E-state index contributed by atoms with van der Waals surface area (Å²) >= 11 is 0. The van der Waals surface area contributed by atoms with E-state index in [1.165, 1.54) is 6.42 Å². The van der Waals surface area contributed by atoms with Crippen LogP contribution in [0.25, 0.3) is 0 Å². The molecular formula is C15H22FN. The number of halogens is 1. The molecule has 0 radical (unpaired) electrons. The number of nitrogens with zero attached hydrogens (tertiary/aromatic N) is 1. The Morgan fingerprint density at radius 1 is 1.35 bits per heavy atom. The zero-order chi connectivity index (χ0) is 12.4. The maximum absolute atomic E-state index is 13.9. The zero-order valence-corrected chi connectivity index (χ0v) is 11.0. The minimum Gasteiger partial charge on any atom is -0.300 e. The average Bonchev–Trinajstić information content (AvgIpc) is 2.29. The first kappa shape index (κ1) is 12.6. The average molecular weight is 235 g/mol. The molecule has 1 aliphatic rings. The number of rotatable bonds is 2. The lowest BCUT2D eigenvalue weighted by Crippen LogP contribution is -2.39. The van der Waals surface area contributed by atoms with Crippen molar-refractivity contribution in [2.75, 3.05) is 13.1 Å². The highest BCUT2D eigenvalue weighted by Gasteiger charge is 2.24. The van der Waals surface area contributed by atoms with Crippen molar-refractivity contribution in [2.24, 2.45) is 0 Å². The smallest absolute Gasteiger partial charge is 0.126 e. The number of likely N-dealkylation sites (tertiary alicyclic amines) is 1. The Kier molecular flexibility index (Phi) is 3.82. The Balaban J connectivity index is 2.16. The van der Waals surface area contributed by atoms with Gasteiger partial charge in [0, 0.05) is 12.6 Å². The number of hydrogen-bond acceptors (Lipinski definition) is 1. The van der Waals surface area contributed by atoms with Crippen molar-refractivity contribution in [1.82, 2.24) is 4.90 Å². The second kappa shape index (κ2) is 5.18. The van der Waals surface area contributed by atoms with E-state index in [2.05, 4.69) is 18.7 Å². The third kappa shape index (κ3) is 2.86. The van der Waals surface area contributed by atoms with Gasteiger partial charge >= 0.3 is 0 Å². The molecule has 0 spiro atoms. The van der Waals surface area contributed by atoms with Gasteiger partial charge in [-0.2, -0.15) is 0 Å². The van der Waals surface area contributed by atoms with Crippen LogP contribution in [0, 0.1) is 12.7 Å². The first-order valence-corrected chi connectivity index (χ1v) is 6.58. The summed E-state index contributed by atoms with van der Waals surface area (Å²) in [6.07, 6.45) is 2.29. The van der Waals surface area contributed by atoms with E-state index in [1.54, 1.807) is 6.07 Å². The summed E-state index contributed by atoms with van der Waals surface area (Å²) in [5, 5.41) is 0. The number of piperidine rings is 1. The van der Waals surface area contributed by atoms with E-state index >= 15 is 0 Å². The molecule has 1 nitrogen and oxygen atoms in total. The van der Waals surface area contributed by atoms with Gasteiger partial charge in [-0.15, -0.1) is 0 Å². The van der Waals surface area contributed by atoms with Crippen molar-refractivity contribution in [3.63, 3.8) is 0 Å². The standard InChI is InChI=1S/C15H22FN/c1-11(2)17-8-4-5-13(10-17)14-7-6-12(3)9-15(14)16/h6-7,9,11,13H,4-5,8,10H2,1-3H3. The fourth-order valence-electron chi connectivity index (χ4n) is 2.69. The largest absolute Gasteiger partial charge is 0.300 e. The molecule has 0 aliphatic carbocycles. The lowest BCUT2D eigenvalue weighted by Gasteiger charge is -2.35. The molecule has 0 N–H and O–H groups in total. The molecule has 1 atom stereocenters. The third-order valence-electron chi connectivity index (χ3n) is 3.78. The van der Waals surface area contributed by atoms with Gasteiger partial charge in [-0.3, -0.25) is 0 Å². The van der Waals surface area contributed by atoms with Crippen LogP contribution < -0.4 is 0 Å². The normalized spacial score (nSPS) is 22.1. The molecule has 0 bridgehead atoms. The maximum Gasteiger partial charge on any atom is 0.126 e. The predicted octanol–water partition coefficient (Wildman–Crippen LogP) is 3.72. The van der Waals surface area contributed by atoms with Crippen molar-refractivity contribution >= 4 is 0 Å². The summed E-state index contributed by atoms with van der Waals surface area (Å²) in [5.74, 6) is 0.340. The third-order valence-corrected chi connectivity index (χ3v) is 3.78. The Bertz CT molecular complexity index is 387. The second-order valence-corrected chi connectivity index (χ2v) is 5.45. The fraction of sp³-hybridized carbons (Fsp3) is 0.600. The predicted molar refractivity (Wildman–Crippen MR) is 69.8 cm³/mol. The van der Waals surface area contributed by atoms with Crippen molar-refractivity contribution in [3.8, 4) is 0 Å². The van der Waals surface area contributed by atoms with Gasteiger partial charge in [-0.1, -0.05) is 12.1 Å². The van der Waals surface area contributed by atoms with E-state index in [-0.39, 0.29) is 5.82 Å².